The molecule has 0 spiro atoms. The first kappa shape index (κ1) is 17.3. The lowest BCUT2D eigenvalue weighted by molar-refractivity contribution is -0.141. The van der Waals surface area contributed by atoms with Gasteiger partial charge in [0.15, 0.2) is 5.16 Å². The molecule has 2 rings (SSSR count). The Morgan fingerprint density at radius 1 is 1.39 bits per heavy atom. The van der Waals surface area contributed by atoms with Crippen LogP contribution >= 0.6 is 11.8 Å². The molecule has 0 aliphatic carbocycles. The fourth-order valence-electron chi connectivity index (χ4n) is 1.75. The molecule has 2 aromatic rings. The van der Waals surface area contributed by atoms with Gasteiger partial charge in [0.25, 0.3) is 0 Å². The Balaban J connectivity index is 2.41. The summed E-state index contributed by atoms with van der Waals surface area (Å²) in [4.78, 5) is 18.1. The second-order valence-electron chi connectivity index (χ2n) is 4.68. The van der Waals surface area contributed by atoms with Crippen LogP contribution in [-0.4, -0.2) is 36.6 Å². The Kier molecular flexibility index (Phi) is 4.93. The zero-order valence-corrected chi connectivity index (χ0v) is 13.1. The molecule has 0 atom stereocenters. The normalized spacial score (nSPS) is 11.7. The highest BCUT2D eigenvalue weighted by Crippen LogP contribution is 2.32. The van der Waals surface area contributed by atoms with Gasteiger partial charge in [-0.15, -0.1) is 0 Å². The highest BCUT2D eigenvalue weighted by Gasteiger charge is 2.34. The van der Waals surface area contributed by atoms with E-state index < -0.39 is 17.8 Å². The third-order valence-corrected chi connectivity index (χ3v) is 3.90. The molecular weight excluding hydrogens is 333 g/mol. The number of nitrogens with zero attached hydrogens (tertiary/aromatic N) is 4. The van der Waals surface area contributed by atoms with Gasteiger partial charge >= 0.3 is 12.1 Å². The van der Waals surface area contributed by atoms with E-state index in [0.29, 0.717) is 11.3 Å². The van der Waals surface area contributed by atoms with E-state index in [1.165, 1.54) is 10.9 Å². The van der Waals surface area contributed by atoms with E-state index in [9.17, 15) is 18.0 Å². The number of rotatable bonds is 5. The quantitative estimate of drug-likeness (QED) is 0.662. The van der Waals surface area contributed by atoms with Crippen molar-refractivity contribution in [2.75, 3.05) is 5.75 Å². The van der Waals surface area contributed by atoms with Gasteiger partial charge < -0.3 is 5.11 Å². The van der Waals surface area contributed by atoms with Gasteiger partial charge in [-0.3, -0.25) is 9.48 Å². The molecule has 6 nitrogen and oxygen atoms in total. The average molecular weight is 346 g/mol. The molecule has 0 aliphatic heterocycles. The third-order valence-electron chi connectivity index (χ3n) is 3.05. The summed E-state index contributed by atoms with van der Waals surface area (Å²) in [6, 6.07) is 0.866. The molecule has 10 heteroatoms. The molecule has 23 heavy (non-hydrogen) atoms. The summed E-state index contributed by atoms with van der Waals surface area (Å²) in [5.74, 6) is -0.949. The van der Waals surface area contributed by atoms with E-state index >= 15 is 0 Å². The Morgan fingerprint density at radius 3 is 2.61 bits per heavy atom. The van der Waals surface area contributed by atoms with E-state index in [0.717, 1.165) is 17.8 Å². The van der Waals surface area contributed by atoms with Crippen LogP contribution in [0.15, 0.2) is 17.4 Å². The highest BCUT2D eigenvalue weighted by molar-refractivity contribution is 7.99. The molecule has 1 N–H and O–H groups in total. The number of alkyl halides is 3. The van der Waals surface area contributed by atoms with E-state index in [1.54, 1.807) is 14.0 Å². The van der Waals surface area contributed by atoms with Crippen LogP contribution in [0, 0.1) is 6.92 Å². The van der Waals surface area contributed by atoms with Crippen LogP contribution in [-0.2, 0) is 18.0 Å². The van der Waals surface area contributed by atoms with E-state index in [4.69, 9.17) is 5.11 Å². The van der Waals surface area contributed by atoms with Gasteiger partial charge in [0.1, 0.15) is 5.69 Å². The summed E-state index contributed by atoms with van der Waals surface area (Å²) in [6.45, 7) is 1.72. The minimum Gasteiger partial charge on any atom is -0.481 e. The van der Waals surface area contributed by atoms with Crippen molar-refractivity contribution in [3.05, 3.63) is 23.7 Å². The van der Waals surface area contributed by atoms with Crippen LogP contribution in [0.3, 0.4) is 0 Å². The summed E-state index contributed by atoms with van der Waals surface area (Å²) >= 11 is 0.870. The molecule has 0 fully saturated rings. The van der Waals surface area contributed by atoms with Crippen molar-refractivity contribution < 1.29 is 23.1 Å². The molecule has 2 heterocycles. The summed E-state index contributed by atoms with van der Waals surface area (Å²) in [5.41, 5.74) is 0.179. The van der Waals surface area contributed by atoms with Crippen LogP contribution in [0.5, 0.6) is 0 Å². The lowest BCUT2D eigenvalue weighted by atomic mass is 10.1. The molecule has 2 aromatic heterocycles. The first-order valence-electron chi connectivity index (χ1n) is 6.48. The summed E-state index contributed by atoms with van der Waals surface area (Å²) in [6.07, 6.45) is -3.37. The average Bonchev–Trinajstić information content (AvgIpc) is 2.77. The van der Waals surface area contributed by atoms with Crippen molar-refractivity contribution >= 4 is 17.7 Å². The fourth-order valence-corrected chi connectivity index (χ4v) is 2.54. The maximum atomic E-state index is 13.0. The molecule has 0 unspecified atom stereocenters. The van der Waals surface area contributed by atoms with Gasteiger partial charge in [0.05, 0.1) is 18.3 Å². The van der Waals surface area contributed by atoms with Crippen LogP contribution in [0.4, 0.5) is 13.2 Å². The van der Waals surface area contributed by atoms with Gasteiger partial charge in [0.2, 0.25) is 0 Å². The largest absolute Gasteiger partial charge is 0.481 e. The lowest BCUT2D eigenvalue weighted by Crippen LogP contribution is -2.10. The first-order valence-corrected chi connectivity index (χ1v) is 7.47. The minimum absolute atomic E-state index is 0.0854. The number of aliphatic carboxylic acids is 1. The molecule has 0 saturated carbocycles. The number of carboxylic acid groups (broad SMARTS) is 1. The predicted molar refractivity (Wildman–Crippen MR) is 76.9 cm³/mol. The van der Waals surface area contributed by atoms with Crippen molar-refractivity contribution in [2.24, 2.45) is 7.05 Å². The number of carboxylic acids is 1. The SMILES string of the molecule is Cc1c(-c2cc(C(F)(F)F)nc(SCCC(=O)O)n2)cnn1C. The van der Waals surface area contributed by atoms with E-state index in [2.05, 4.69) is 15.1 Å². The van der Waals surface area contributed by atoms with Crippen molar-refractivity contribution in [2.45, 2.75) is 24.7 Å². The van der Waals surface area contributed by atoms with Crippen molar-refractivity contribution in [3.63, 3.8) is 0 Å². The Hall–Kier alpha value is -2.10. The van der Waals surface area contributed by atoms with Gasteiger partial charge in [-0.1, -0.05) is 11.8 Å². The van der Waals surface area contributed by atoms with Crippen molar-refractivity contribution in [1.29, 1.82) is 0 Å². The molecule has 0 amide bonds. The number of aryl methyl sites for hydroxylation is 1. The predicted octanol–water partition coefficient (Wildman–Crippen LogP) is 2.77. The number of hydrogen-bond donors (Lipinski definition) is 1. The molecule has 0 aliphatic rings. The first-order chi connectivity index (χ1) is 10.7. The standard InChI is InChI=1S/C13H13F3N4O2S/c1-7-8(6-17-20(7)2)9-5-10(13(14,15)16)19-12(18-9)23-4-3-11(21)22/h5-6H,3-4H2,1-2H3,(H,21,22). The molecule has 0 bridgehead atoms. The number of carbonyl (C=O) groups is 1. The minimum atomic E-state index is -4.62. The Morgan fingerprint density at radius 2 is 2.09 bits per heavy atom. The second-order valence-corrected chi connectivity index (χ2v) is 5.74. The lowest BCUT2D eigenvalue weighted by Gasteiger charge is -2.10. The van der Waals surface area contributed by atoms with Crippen LogP contribution < -0.4 is 0 Å². The smallest absolute Gasteiger partial charge is 0.433 e. The maximum absolute atomic E-state index is 13.0. The van der Waals surface area contributed by atoms with E-state index in [1.807, 2.05) is 0 Å². The number of thioether (sulfide) groups is 1. The summed E-state index contributed by atoms with van der Waals surface area (Å²) in [7, 11) is 1.67. The second kappa shape index (κ2) is 6.57. The molecule has 0 saturated heterocycles. The summed E-state index contributed by atoms with van der Waals surface area (Å²) in [5, 5.41) is 12.5. The van der Waals surface area contributed by atoms with Crippen LogP contribution in [0.25, 0.3) is 11.3 Å². The Bertz CT molecular complexity index is 730. The summed E-state index contributed by atoms with van der Waals surface area (Å²) < 4.78 is 40.5. The van der Waals surface area contributed by atoms with Crippen LogP contribution in [0.1, 0.15) is 17.8 Å². The van der Waals surface area contributed by atoms with Gasteiger partial charge in [-0.25, -0.2) is 9.97 Å². The Labute approximate surface area is 133 Å². The number of halogens is 3. The molecule has 0 radical (unpaired) electrons. The molecule has 124 valence electrons. The molecule has 0 aromatic carbocycles. The number of aromatic nitrogens is 4. The third kappa shape index (κ3) is 4.21. The fraction of sp³-hybridized carbons (Fsp3) is 0.385. The monoisotopic (exact) mass is 346 g/mol. The van der Waals surface area contributed by atoms with Gasteiger partial charge in [0, 0.05) is 24.1 Å². The topological polar surface area (TPSA) is 80.9 Å². The van der Waals surface area contributed by atoms with Crippen molar-refractivity contribution in [3.8, 4) is 11.3 Å². The van der Waals surface area contributed by atoms with Crippen LogP contribution in [0.2, 0.25) is 0 Å². The van der Waals surface area contributed by atoms with E-state index in [-0.39, 0.29) is 23.0 Å². The van der Waals surface area contributed by atoms with Gasteiger partial charge in [-0.2, -0.15) is 18.3 Å². The zero-order chi connectivity index (χ0) is 17.2. The zero-order valence-electron chi connectivity index (χ0n) is 12.3. The highest BCUT2D eigenvalue weighted by atomic mass is 32.2. The van der Waals surface area contributed by atoms with Gasteiger partial charge in [-0.05, 0) is 13.0 Å². The maximum Gasteiger partial charge on any atom is 0.433 e. The molecular formula is C13H13F3N4O2S. The number of hydrogen-bond acceptors (Lipinski definition) is 5. The van der Waals surface area contributed by atoms with Crippen molar-refractivity contribution in [1.82, 2.24) is 19.7 Å².